The molecule has 0 aromatic carbocycles. The van der Waals surface area contributed by atoms with Crippen molar-refractivity contribution < 1.29 is 4.73 Å². The number of hydrogen-bond donors (Lipinski definition) is 0. The monoisotopic (exact) mass is 167 g/mol. The topological polar surface area (TPSA) is 26.9 Å². The Morgan fingerprint density at radius 1 is 0.889 bits per heavy atom. The summed E-state index contributed by atoms with van der Waals surface area (Å²) in [5.41, 5.74) is 0. The van der Waals surface area contributed by atoms with E-state index >= 15 is 0 Å². The van der Waals surface area contributed by atoms with Gasteiger partial charge >= 0.3 is 0 Å². The fourth-order valence-electron chi connectivity index (χ4n) is 0.383. The lowest BCUT2D eigenvalue weighted by Crippen LogP contribution is -2.22. The Bertz CT molecular complexity index is 145. The molecule has 0 aliphatic rings. The minimum atomic E-state index is 0. The maximum Gasteiger partial charge on any atom is 0.180 e. The molecule has 4 heteroatoms. The number of pyridine rings is 1. The molecule has 0 radical (unpaired) electrons. The minimum absolute atomic E-state index is 0. The quantitative estimate of drug-likeness (QED) is 0.421. The van der Waals surface area contributed by atoms with Gasteiger partial charge in [0.25, 0.3) is 0 Å². The van der Waals surface area contributed by atoms with Crippen LogP contribution in [0.3, 0.4) is 0 Å². The maximum absolute atomic E-state index is 10.2. The Labute approximate surface area is 65.9 Å². The Morgan fingerprint density at radius 2 is 1.33 bits per heavy atom. The van der Waals surface area contributed by atoms with Crippen molar-refractivity contribution in [3.63, 3.8) is 0 Å². The summed E-state index contributed by atoms with van der Waals surface area (Å²) in [7, 11) is 0. The van der Waals surface area contributed by atoms with Gasteiger partial charge in [-0.2, -0.15) is 4.73 Å². The van der Waals surface area contributed by atoms with E-state index in [0.29, 0.717) is 0 Å². The van der Waals surface area contributed by atoms with Crippen molar-refractivity contribution in [2.45, 2.75) is 0 Å². The lowest BCUT2D eigenvalue weighted by Gasteiger charge is -1.88. The summed E-state index contributed by atoms with van der Waals surface area (Å²) in [6.45, 7) is 0. The third kappa shape index (κ3) is 4.06. The fourth-order valence-corrected chi connectivity index (χ4v) is 0.383. The molecular formula is C5H7Cl2NO. The average molecular weight is 168 g/mol. The standard InChI is InChI=1S/C5H5NO.2ClH/c7-6-4-2-1-3-5-6;;/h1-5H;2*1H. The normalized spacial score (nSPS) is 6.67. The van der Waals surface area contributed by atoms with Gasteiger partial charge < -0.3 is 5.21 Å². The van der Waals surface area contributed by atoms with Crippen LogP contribution < -0.4 is 4.73 Å². The van der Waals surface area contributed by atoms with E-state index in [4.69, 9.17) is 0 Å². The van der Waals surface area contributed by atoms with Gasteiger partial charge in [-0.3, -0.25) is 0 Å². The predicted octanol–water partition coefficient (Wildman–Crippen LogP) is 1.16. The molecule has 1 aromatic rings. The highest BCUT2D eigenvalue weighted by molar-refractivity contribution is 5.85. The van der Waals surface area contributed by atoms with Gasteiger partial charge in [0.05, 0.1) is 0 Å². The van der Waals surface area contributed by atoms with Gasteiger partial charge in [-0.05, 0) is 0 Å². The van der Waals surface area contributed by atoms with E-state index in [0.717, 1.165) is 4.73 Å². The van der Waals surface area contributed by atoms with Gasteiger partial charge in [0, 0.05) is 12.1 Å². The molecule has 0 atom stereocenters. The van der Waals surface area contributed by atoms with Gasteiger partial charge in [-0.15, -0.1) is 24.8 Å². The summed E-state index contributed by atoms with van der Waals surface area (Å²) in [5, 5.41) is 10.2. The molecule has 0 spiro atoms. The molecule has 0 fully saturated rings. The molecular weight excluding hydrogens is 161 g/mol. The molecule has 52 valence electrons. The van der Waals surface area contributed by atoms with Crippen molar-refractivity contribution in [2.24, 2.45) is 0 Å². The molecule has 0 saturated heterocycles. The summed E-state index contributed by atoms with van der Waals surface area (Å²) in [6.07, 6.45) is 2.89. The highest BCUT2D eigenvalue weighted by Crippen LogP contribution is 1.72. The van der Waals surface area contributed by atoms with Gasteiger partial charge in [-0.25, -0.2) is 0 Å². The van der Waals surface area contributed by atoms with E-state index < -0.39 is 0 Å². The van der Waals surface area contributed by atoms with Crippen LogP contribution >= 0.6 is 24.8 Å². The van der Waals surface area contributed by atoms with Gasteiger partial charge in [-0.1, -0.05) is 6.07 Å². The first-order valence-corrected chi connectivity index (χ1v) is 2.03. The second-order valence-electron chi connectivity index (χ2n) is 1.24. The van der Waals surface area contributed by atoms with Gasteiger partial charge in [0.1, 0.15) is 0 Å². The van der Waals surface area contributed by atoms with Crippen LogP contribution in [0, 0.1) is 5.21 Å². The number of nitrogens with zero attached hydrogens (tertiary/aromatic N) is 1. The maximum atomic E-state index is 10.2. The number of hydrogen-bond acceptors (Lipinski definition) is 1. The summed E-state index contributed by atoms with van der Waals surface area (Å²) < 4.78 is 0.750. The molecule has 1 heterocycles. The van der Waals surface area contributed by atoms with Crippen LogP contribution in [0.15, 0.2) is 30.6 Å². The van der Waals surface area contributed by atoms with E-state index in [1.54, 1.807) is 18.2 Å². The molecule has 1 aromatic heterocycles. The second-order valence-corrected chi connectivity index (χ2v) is 1.24. The largest absolute Gasteiger partial charge is 0.619 e. The summed E-state index contributed by atoms with van der Waals surface area (Å²) in [6, 6.07) is 5.18. The zero-order valence-electron chi connectivity index (χ0n) is 4.56. The molecule has 0 saturated carbocycles. The third-order valence-electron chi connectivity index (χ3n) is 0.688. The van der Waals surface area contributed by atoms with Gasteiger partial charge in [0.2, 0.25) is 0 Å². The molecule has 0 N–H and O–H groups in total. The molecule has 9 heavy (non-hydrogen) atoms. The molecule has 0 amide bonds. The smallest absolute Gasteiger partial charge is 0.180 e. The summed E-state index contributed by atoms with van der Waals surface area (Å²) in [4.78, 5) is 0. The van der Waals surface area contributed by atoms with Crippen molar-refractivity contribution in [1.29, 1.82) is 0 Å². The van der Waals surface area contributed by atoms with E-state index in [2.05, 4.69) is 0 Å². The highest BCUT2D eigenvalue weighted by Gasteiger charge is 1.74. The SMILES string of the molecule is Cl.Cl.[O-][n+]1ccccc1. The van der Waals surface area contributed by atoms with Crippen LogP contribution in [0.2, 0.25) is 0 Å². The van der Waals surface area contributed by atoms with Crippen molar-refractivity contribution in [2.75, 3.05) is 0 Å². The molecule has 0 aliphatic carbocycles. The van der Waals surface area contributed by atoms with Crippen LogP contribution in [-0.2, 0) is 0 Å². The van der Waals surface area contributed by atoms with Crippen molar-refractivity contribution in [1.82, 2.24) is 0 Å². The Hall–Kier alpha value is -0.470. The minimum Gasteiger partial charge on any atom is -0.619 e. The first-order chi connectivity index (χ1) is 3.39. The molecule has 1 rings (SSSR count). The third-order valence-corrected chi connectivity index (χ3v) is 0.688. The van der Waals surface area contributed by atoms with Crippen molar-refractivity contribution in [3.8, 4) is 0 Å². The zero-order chi connectivity index (χ0) is 5.11. The lowest BCUT2D eigenvalue weighted by molar-refractivity contribution is -0.605. The van der Waals surface area contributed by atoms with E-state index in [-0.39, 0.29) is 24.8 Å². The first-order valence-electron chi connectivity index (χ1n) is 2.03. The molecule has 0 aliphatic heterocycles. The Morgan fingerprint density at radius 3 is 1.56 bits per heavy atom. The van der Waals surface area contributed by atoms with Gasteiger partial charge in [0.15, 0.2) is 12.4 Å². The van der Waals surface area contributed by atoms with Crippen LogP contribution in [0.5, 0.6) is 0 Å². The summed E-state index contributed by atoms with van der Waals surface area (Å²) in [5.74, 6) is 0. The Balaban J connectivity index is 0. The van der Waals surface area contributed by atoms with Crippen molar-refractivity contribution in [3.05, 3.63) is 35.8 Å². The highest BCUT2D eigenvalue weighted by atomic mass is 35.5. The van der Waals surface area contributed by atoms with Crippen molar-refractivity contribution >= 4 is 24.8 Å². The van der Waals surface area contributed by atoms with E-state index in [1.807, 2.05) is 0 Å². The van der Waals surface area contributed by atoms with E-state index in [9.17, 15) is 5.21 Å². The summed E-state index contributed by atoms with van der Waals surface area (Å²) >= 11 is 0. The predicted molar refractivity (Wildman–Crippen MR) is 39.9 cm³/mol. The first kappa shape index (κ1) is 11.3. The zero-order valence-corrected chi connectivity index (χ0v) is 6.19. The van der Waals surface area contributed by atoms with Crippen LogP contribution in [0.1, 0.15) is 0 Å². The molecule has 2 nitrogen and oxygen atoms in total. The Kier molecular flexibility index (Phi) is 7.14. The number of aromatic nitrogens is 1. The van der Waals surface area contributed by atoms with Crippen LogP contribution in [-0.4, -0.2) is 0 Å². The second kappa shape index (κ2) is 5.66. The number of halogens is 2. The van der Waals surface area contributed by atoms with E-state index in [1.165, 1.54) is 12.4 Å². The average Bonchev–Trinajstić information content (AvgIpc) is 1.69. The number of rotatable bonds is 0. The van der Waals surface area contributed by atoms with Crippen LogP contribution in [0.4, 0.5) is 0 Å². The lowest BCUT2D eigenvalue weighted by atomic mass is 10.5. The fraction of sp³-hybridized carbons (Fsp3) is 0. The molecule has 0 unspecified atom stereocenters. The molecule has 0 bridgehead atoms. The van der Waals surface area contributed by atoms with Crippen LogP contribution in [0.25, 0.3) is 0 Å².